The predicted molar refractivity (Wildman–Crippen MR) is 73.4 cm³/mol. The molecule has 1 unspecified atom stereocenters. The number of amides is 1. The minimum atomic E-state index is -0.407. The molecule has 1 aliphatic heterocycles. The van der Waals surface area contributed by atoms with Crippen LogP contribution in [0.4, 0.5) is 10.1 Å². The number of piperazine rings is 1. The van der Waals surface area contributed by atoms with Gasteiger partial charge in [0.1, 0.15) is 11.9 Å². The number of para-hydroxylation sites is 1. The predicted octanol–water partition coefficient (Wildman–Crippen LogP) is 1.26. The van der Waals surface area contributed by atoms with Gasteiger partial charge in [0.2, 0.25) is 5.91 Å². The van der Waals surface area contributed by atoms with Crippen LogP contribution in [0.2, 0.25) is 0 Å². The van der Waals surface area contributed by atoms with Gasteiger partial charge in [-0.15, -0.1) is 0 Å². The van der Waals surface area contributed by atoms with Crippen LogP contribution < -0.4 is 16.0 Å². The Kier molecular flexibility index (Phi) is 3.75. The molecule has 2 rings (SSSR count). The molecule has 1 fully saturated rings. The molecular weight excluding hydrogens is 245 g/mol. The summed E-state index contributed by atoms with van der Waals surface area (Å²) in [4.78, 5) is 14.0. The first kappa shape index (κ1) is 13.8. The number of rotatable bonds is 3. The number of nitrogens with two attached hydrogens (primary N) is 1. The third-order valence-corrected chi connectivity index (χ3v) is 3.31. The van der Waals surface area contributed by atoms with Crippen molar-refractivity contribution in [3.63, 3.8) is 0 Å². The summed E-state index contributed by atoms with van der Waals surface area (Å²) < 4.78 is 14.0. The zero-order valence-electron chi connectivity index (χ0n) is 11.3. The SMILES string of the molecule is CC1(C)CN(c2ccccc2F)C(CCN)C(=O)N1. The fraction of sp³-hybridized carbons (Fsp3) is 0.500. The first-order valence-corrected chi connectivity index (χ1v) is 6.48. The van der Waals surface area contributed by atoms with Gasteiger partial charge in [0.05, 0.1) is 11.2 Å². The Balaban J connectivity index is 2.37. The number of halogens is 1. The fourth-order valence-corrected chi connectivity index (χ4v) is 2.52. The van der Waals surface area contributed by atoms with Crippen molar-refractivity contribution in [1.82, 2.24) is 5.32 Å². The topological polar surface area (TPSA) is 58.4 Å². The van der Waals surface area contributed by atoms with E-state index in [1.54, 1.807) is 18.2 Å². The van der Waals surface area contributed by atoms with Gasteiger partial charge in [-0.1, -0.05) is 12.1 Å². The summed E-state index contributed by atoms with van der Waals surface area (Å²) in [5, 5.41) is 2.95. The second-order valence-corrected chi connectivity index (χ2v) is 5.55. The first-order valence-electron chi connectivity index (χ1n) is 6.48. The molecule has 1 aromatic rings. The van der Waals surface area contributed by atoms with E-state index in [9.17, 15) is 9.18 Å². The summed E-state index contributed by atoms with van der Waals surface area (Å²) in [6, 6.07) is 6.13. The monoisotopic (exact) mass is 265 g/mol. The van der Waals surface area contributed by atoms with E-state index in [4.69, 9.17) is 5.73 Å². The Morgan fingerprint density at radius 2 is 2.16 bits per heavy atom. The molecule has 1 amide bonds. The Labute approximate surface area is 112 Å². The molecule has 0 saturated carbocycles. The molecule has 0 spiro atoms. The molecule has 5 heteroatoms. The lowest BCUT2D eigenvalue weighted by atomic mass is 9.95. The number of hydrogen-bond acceptors (Lipinski definition) is 3. The van der Waals surface area contributed by atoms with Crippen LogP contribution in [-0.4, -0.2) is 30.6 Å². The number of nitrogens with one attached hydrogen (secondary N) is 1. The molecular formula is C14H20FN3O. The zero-order valence-corrected chi connectivity index (χ0v) is 11.3. The standard InChI is InChI=1S/C14H20FN3O/c1-14(2)9-18(11-6-4-3-5-10(11)15)12(7-8-16)13(19)17-14/h3-6,12H,7-9,16H2,1-2H3,(H,17,19). The zero-order chi connectivity index (χ0) is 14.0. The maximum atomic E-state index is 14.0. The van der Waals surface area contributed by atoms with Crippen LogP contribution in [0.1, 0.15) is 20.3 Å². The minimum absolute atomic E-state index is 0.0926. The van der Waals surface area contributed by atoms with E-state index < -0.39 is 6.04 Å². The van der Waals surface area contributed by atoms with Gasteiger partial charge in [-0.25, -0.2) is 4.39 Å². The van der Waals surface area contributed by atoms with E-state index in [1.807, 2.05) is 18.7 Å². The highest BCUT2D eigenvalue weighted by molar-refractivity contribution is 5.87. The molecule has 4 nitrogen and oxygen atoms in total. The second-order valence-electron chi connectivity index (χ2n) is 5.55. The third-order valence-electron chi connectivity index (χ3n) is 3.31. The van der Waals surface area contributed by atoms with E-state index in [-0.39, 0.29) is 17.3 Å². The van der Waals surface area contributed by atoms with Crippen molar-refractivity contribution in [2.45, 2.75) is 31.8 Å². The molecule has 1 heterocycles. The van der Waals surface area contributed by atoms with Gasteiger partial charge >= 0.3 is 0 Å². The normalized spacial score (nSPS) is 22.2. The third kappa shape index (κ3) is 2.87. The molecule has 0 aliphatic carbocycles. The molecule has 19 heavy (non-hydrogen) atoms. The fourth-order valence-electron chi connectivity index (χ4n) is 2.52. The summed E-state index contributed by atoms with van der Waals surface area (Å²) in [5.74, 6) is -0.403. The number of hydrogen-bond donors (Lipinski definition) is 2. The van der Waals surface area contributed by atoms with Crippen molar-refractivity contribution in [2.75, 3.05) is 18.0 Å². The van der Waals surface area contributed by atoms with E-state index in [0.717, 1.165) is 0 Å². The Hall–Kier alpha value is -1.62. The van der Waals surface area contributed by atoms with Crippen molar-refractivity contribution in [1.29, 1.82) is 0 Å². The van der Waals surface area contributed by atoms with E-state index in [1.165, 1.54) is 6.07 Å². The van der Waals surface area contributed by atoms with Crippen molar-refractivity contribution < 1.29 is 9.18 Å². The maximum absolute atomic E-state index is 14.0. The largest absolute Gasteiger partial charge is 0.355 e. The Morgan fingerprint density at radius 1 is 1.47 bits per heavy atom. The molecule has 1 aliphatic rings. The molecule has 0 bridgehead atoms. The first-order chi connectivity index (χ1) is 8.94. The molecule has 1 saturated heterocycles. The quantitative estimate of drug-likeness (QED) is 0.865. The lowest BCUT2D eigenvalue weighted by Gasteiger charge is -2.45. The van der Waals surface area contributed by atoms with Gasteiger partial charge in [-0.2, -0.15) is 0 Å². The van der Waals surface area contributed by atoms with Crippen molar-refractivity contribution >= 4 is 11.6 Å². The van der Waals surface area contributed by atoms with E-state index in [0.29, 0.717) is 25.2 Å². The molecule has 1 aromatic carbocycles. The Bertz CT molecular complexity index is 476. The highest BCUT2D eigenvalue weighted by Crippen LogP contribution is 2.27. The summed E-state index contributed by atoms with van der Waals surface area (Å²) >= 11 is 0. The summed E-state index contributed by atoms with van der Waals surface area (Å²) in [6.07, 6.45) is 0.510. The van der Waals surface area contributed by atoms with E-state index >= 15 is 0 Å². The number of benzene rings is 1. The number of carbonyl (C=O) groups is 1. The highest BCUT2D eigenvalue weighted by atomic mass is 19.1. The maximum Gasteiger partial charge on any atom is 0.243 e. The van der Waals surface area contributed by atoms with Gasteiger partial charge in [0, 0.05) is 6.54 Å². The molecule has 3 N–H and O–H groups in total. The van der Waals surface area contributed by atoms with Crippen LogP contribution in [0, 0.1) is 5.82 Å². The van der Waals surface area contributed by atoms with Crippen LogP contribution in [-0.2, 0) is 4.79 Å². The number of nitrogens with zero attached hydrogens (tertiary/aromatic N) is 1. The summed E-state index contributed by atoms with van der Waals surface area (Å²) in [6.45, 7) is 4.81. The van der Waals surface area contributed by atoms with E-state index in [2.05, 4.69) is 5.32 Å². The second kappa shape index (κ2) is 5.17. The van der Waals surface area contributed by atoms with Crippen LogP contribution in [0.3, 0.4) is 0 Å². The lowest BCUT2D eigenvalue weighted by Crippen LogP contribution is -2.65. The Morgan fingerprint density at radius 3 is 2.79 bits per heavy atom. The average Bonchev–Trinajstić information content (AvgIpc) is 2.32. The van der Waals surface area contributed by atoms with Gasteiger partial charge in [-0.3, -0.25) is 4.79 Å². The van der Waals surface area contributed by atoms with Crippen molar-refractivity contribution in [3.8, 4) is 0 Å². The van der Waals surface area contributed by atoms with Crippen LogP contribution >= 0.6 is 0 Å². The highest BCUT2D eigenvalue weighted by Gasteiger charge is 2.38. The van der Waals surface area contributed by atoms with Gasteiger partial charge in [0.15, 0.2) is 0 Å². The summed E-state index contributed by atoms with van der Waals surface area (Å²) in [7, 11) is 0. The van der Waals surface area contributed by atoms with Crippen LogP contribution in [0.25, 0.3) is 0 Å². The van der Waals surface area contributed by atoms with Crippen molar-refractivity contribution in [2.24, 2.45) is 5.73 Å². The molecule has 0 radical (unpaired) electrons. The number of anilines is 1. The van der Waals surface area contributed by atoms with Gasteiger partial charge in [0.25, 0.3) is 0 Å². The van der Waals surface area contributed by atoms with Crippen molar-refractivity contribution in [3.05, 3.63) is 30.1 Å². The lowest BCUT2D eigenvalue weighted by molar-refractivity contribution is -0.125. The average molecular weight is 265 g/mol. The molecule has 1 atom stereocenters. The summed E-state index contributed by atoms with van der Waals surface area (Å²) in [5.41, 5.74) is 5.64. The minimum Gasteiger partial charge on any atom is -0.355 e. The smallest absolute Gasteiger partial charge is 0.243 e. The van der Waals surface area contributed by atoms with Gasteiger partial charge in [-0.05, 0) is 38.9 Å². The molecule has 0 aromatic heterocycles. The van der Waals surface area contributed by atoms with Gasteiger partial charge < -0.3 is 16.0 Å². The van der Waals surface area contributed by atoms with Crippen LogP contribution in [0.5, 0.6) is 0 Å². The molecule has 104 valence electrons. The van der Waals surface area contributed by atoms with Crippen LogP contribution in [0.15, 0.2) is 24.3 Å². The number of carbonyl (C=O) groups excluding carboxylic acids is 1.